The van der Waals surface area contributed by atoms with E-state index in [2.05, 4.69) is 5.32 Å². The first-order valence-electron chi connectivity index (χ1n) is 6.07. The molecule has 1 aromatic rings. The first kappa shape index (κ1) is 15.3. The van der Waals surface area contributed by atoms with E-state index in [1.165, 1.54) is 0 Å². The Kier molecular flexibility index (Phi) is 5.18. The van der Waals surface area contributed by atoms with Gasteiger partial charge in [-0.1, -0.05) is 13.0 Å². The average molecular weight is 284 g/mol. The van der Waals surface area contributed by atoms with Gasteiger partial charge in [-0.3, -0.25) is 9.59 Å². The highest BCUT2D eigenvalue weighted by Gasteiger charge is 2.31. The van der Waals surface area contributed by atoms with Crippen molar-refractivity contribution in [3.8, 4) is 0 Å². The van der Waals surface area contributed by atoms with E-state index in [1.54, 1.807) is 29.2 Å². The van der Waals surface area contributed by atoms with Crippen molar-refractivity contribution in [1.82, 2.24) is 10.2 Å². The van der Waals surface area contributed by atoms with Crippen LogP contribution in [0.1, 0.15) is 23.7 Å². The zero-order valence-corrected chi connectivity index (χ0v) is 11.6. The number of anilines is 1. The third kappa shape index (κ3) is 3.17. The van der Waals surface area contributed by atoms with Crippen LogP contribution in [0.4, 0.5) is 5.69 Å². The molecule has 1 atom stereocenters. The van der Waals surface area contributed by atoms with Crippen molar-refractivity contribution in [2.24, 2.45) is 0 Å². The van der Waals surface area contributed by atoms with Gasteiger partial charge in [-0.15, -0.1) is 12.4 Å². The lowest BCUT2D eigenvalue weighted by Gasteiger charge is -2.34. The maximum absolute atomic E-state index is 12.4. The number of benzene rings is 1. The molecule has 1 saturated heterocycles. The Labute approximate surface area is 118 Å². The van der Waals surface area contributed by atoms with Gasteiger partial charge in [-0.25, -0.2) is 0 Å². The highest BCUT2D eigenvalue weighted by molar-refractivity contribution is 5.98. The Hall–Kier alpha value is -1.75. The molecule has 1 aliphatic rings. The molecule has 2 rings (SSSR count). The molecule has 2 amide bonds. The van der Waals surface area contributed by atoms with Crippen LogP contribution < -0.4 is 11.1 Å². The van der Waals surface area contributed by atoms with Crippen LogP contribution in [0, 0.1) is 0 Å². The van der Waals surface area contributed by atoms with Gasteiger partial charge in [0.15, 0.2) is 0 Å². The fourth-order valence-corrected chi connectivity index (χ4v) is 2.20. The Morgan fingerprint density at radius 3 is 2.89 bits per heavy atom. The van der Waals surface area contributed by atoms with Gasteiger partial charge in [-0.05, 0) is 24.6 Å². The summed E-state index contributed by atoms with van der Waals surface area (Å²) in [6.07, 6.45) is 0.611. The van der Waals surface area contributed by atoms with E-state index < -0.39 is 0 Å². The number of halogens is 1. The third-order valence-corrected chi connectivity index (χ3v) is 3.11. The van der Waals surface area contributed by atoms with Crippen molar-refractivity contribution < 1.29 is 9.59 Å². The predicted octanol–water partition coefficient (Wildman–Crippen LogP) is 1.04. The second-order valence-electron chi connectivity index (χ2n) is 4.34. The topological polar surface area (TPSA) is 75.4 Å². The third-order valence-electron chi connectivity index (χ3n) is 3.11. The number of hydrogen-bond acceptors (Lipinski definition) is 3. The minimum atomic E-state index is -0.382. The van der Waals surface area contributed by atoms with Gasteiger partial charge in [0, 0.05) is 24.3 Å². The van der Waals surface area contributed by atoms with Crippen molar-refractivity contribution in [3.63, 3.8) is 0 Å². The normalized spacial score (nSPS) is 18.5. The van der Waals surface area contributed by atoms with E-state index in [4.69, 9.17) is 5.73 Å². The second-order valence-corrected chi connectivity index (χ2v) is 4.34. The van der Waals surface area contributed by atoms with Crippen molar-refractivity contribution in [2.45, 2.75) is 19.4 Å². The van der Waals surface area contributed by atoms with Crippen LogP contribution >= 0.6 is 12.4 Å². The fourth-order valence-electron chi connectivity index (χ4n) is 2.20. The van der Waals surface area contributed by atoms with E-state index in [0.717, 1.165) is 0 Å². The molecule has 3 N–H and O–H groups in total. The number of carbonyl (C=O) groups excluding carboxylic acids is 2. The van der Waals surface area contributed by atoms with Crippen LogP contribution in [-0.2, 0) is 4.79 Å². The molecule has 0 radical (unpaired) electrons. The van der Waals surface area contributed by atoms with Crippen LogP contribution in [0.5, 0.6) is 0 Å². The van der Waals surface area contributed by atoms with Gasteiger partial charge in [0.2, 0.25) is 5.91 Å². The molecule has 1 fully saturated rings. The first-order valence-corrected chi connectivity index (χ1v) is 6.07. The van der Waals surface area contributed by atoms with E-state index in [9.17, 15) is 9.59 Å². The summed E-state index contributed by atoms with van der Waals surface area (Å²) in [7, 11) is 0. The maximum Gasteiger partial charge on any atom is 0.254 e. The molecule has 104 valence electrons. The molecular formula is C13H18ClN3O2. The lowest BCUT2D eigenvalue weighted by Crippen LogP contribution is -2.56. The first-order chi connectivity index (χ1) is 8.63. The van der Waals surface area contributed by atoms with Crippen LogP contribution in [0.3, 0.4) is 0 Å². The second kappa shape index (κ2) is 6.43. The summed E-state index contributed by atoms with van der Waals surface area (Å²) >= 11 is 0. The summed E-state index contributed by atoms with van der Waals surface area (Å²) in [5.41, 5.74) is 6.75. The zero-order chi connectivity index (χ0) is 13.1. The molecule has 0 aromatic heterocycles. The van der Waals surface area contributed by atoms with Crippen molar-refractivity contribution in [2.75, 3.05) is 18.8 Å². The summed E-state index contributed by atoms with van der Waals surface area (Å²) in [6.45, 7) is 2.94. The van der Waals surface area contributed by atoms with Gasteiger partial charge >= 0.3 is 0 Å². The van der Waals surface area contributed by atoms with E-state index in [1.807, 2.05) is 6.92 Å². The minimum absolute atomic E-state index is 0. The quantitative estimate of drug-likeness (QED) is 0.797. The number of carbonyl (C=O) groups is 2. The number of nitrogens with zero attached hydrogens (tertiary/aromatic N) is 1. The molecule has 0 aliphatic carbocycles. The monoisotopic (exact) mass is 283 g/mol. The van der Waals surface area contributed by atoms with Gasteiger partial charge in [0.25, 0.3) is 5.91 Å². The highest BCUT2D eigenvalue weighted by Crippen LogP contribution is 2.15. The summed E-state index contributed by atoms with van der Waals surface area (Å²) in [4.78, 5) is 25.7. The number of rotatable bonds is 2. The number of nitrogen functional groups attached to an aromatic ring is 1. The van der Waals surface area contributed by atoms with Crippen LogP contribution in [-0.4, -0.2) is 35.8 Å². The molecule has 1 aliphatic heterocycles. The fraction of sp³-hybridized carbons (Fsp3) is 0.385. The van der Waals surface area contributed by atoms with Crippen LogP contribution in [0.25, 0.3) is 0 Å². The molecule has 1 heterocycles. The molecule has 1 unspecified atom stereocenters. The van der Waals surface area contributed by atoms with Gasteiger partial charge < -0.3 is 16.0 Å². The number of nitrogens with one attached hydrogen (secondary N) is 1. The number of piperazine rings is 1. The van der Waals surface area contributed by atoms with E-state index in [0.29, 0.717) is 30.8 Å². The number of hydrogen-bond donors (Lipinski definition) is 2. The van der Waals surface area contributed by atoms with Crippen LogP contribution in [0.2, 0.25) is 0 Å². The van der Waals surface area contributed by atoms with E-state index >= 15 is 0 Å². The minimum Gasteiger partial charge on any atom is -0.399 e. The van der Waals surface area contributed by atoms with Gasteiger partial charge in [0.05, 0.1) is 0 Å². The Morgan fingerprint density at radius 1 is 1.53 bits per heavy atom. The molecule has 6 heteroatoms. The standard InChI is InChI=1S/C13H17N3O2.ClH/c1-2-11-12(17)15-6-7-16(11)13(18)9-4-3-5-10(14)8-9;/h3-5,8,11H,2,6-7,14H2,1H3,(H,15,17);1H. The SMILES string of the molecule is CCC1C(=O)NCCN1C(=O)c1cccc(N)c1.Cl. The molecule has 0 bridgehead atoms. The molecule has 0 saturated carbocycles. The number of nitrogens with two attached hydrogens (primary N) is 1. The number of amides is 2. The zero-order valence-electron chi connectivity index (χ0n) is 10.8. The van der Waals surface area contributed by atoms with Crippen molar-refractivity contribution in [3.05, 3.63) is 29.8 Å². The molecule has 19 heavy (non-hydrogen) atoms. The summed E-state index contributed by atoms with van der Waals surface area (Å²) in [5.74, 6) is -0.218. The lowest BCUT2D eigenvalue weighted by molar-refractivity contribution is -0.127. The molecule has 1 aromatic carbocycles. The van der Waals surface area contributed by atoms with E-state index in [-0.39, 0.29) is 30.3 Å². The largest absolute Gasteiger partial charge is 0.399 e. The Bertz CT molecular complexity index is 479. The van der Waals surface area contributed by atoms with Gasteiger partial charge in [0.1, 0.15) is 6.04 Å². The van der Waals surface area contributed by atoms with Crippen LogP contribution in [0.15, 0.2) is 24.3 Å². The lowest BCUT2D eigenvalue weighted by atomic mass is 10.1. The Balaban J connectivity index is 0.00000180. The summed E-state index contributed by atoms with van der Waals surface area (Å²) in [6, 6.07) is 6.46. The molecule has 0 spiro atoms. The Morgan fingerprint density at radius 2 is 2.26 bits per heavy atom. The molecular weight excluding hydrogens is 266 g/mol. The predicted molar refractivity (Wildman–Crippen MR) is 76.2 cm³/mol. The highest BCUT2D eigenvalue weighted by atomic mass is 35.5. The van der Waals surface area contributed by atoms with Crippen molar-refractivity contribution in [1.29, 1.82) is 0 Å². The maximum atomic E-state index is 12.4. The summed E-state index contributed by atoms with van der Waals surface area (Å²) < 4.78 is 0. The van der Waals surface area contributed by atoms with Crippen molar-refractivity contribution >= 4 is 29.9 Å². The van der Waals surface area contributed by atoms with Gasteiger partial charge in [-0.2, -0.15) is 0 Å². The average Bonchev–Trinajstić information content (AvgIpc) is 2.37. The smallest absolute Gasteiger partial charge is 0.254 e. The molecule has 5 nitrogen and oxygen atoms in total. The summed E-state index contributed by atoms with van der Waals surface area (Å²) in [5, 5.41) is 2.77.